The Bertz CT molecular complexity index is 1140. The van der Waals surface area contributed by atoms with Gasteiger partial charge in [0.2, 0.25) is 10.0 Å². The number of hydrogen-bond acceptors (Lipinski definition) is 5. The Morgan fingerprint density at radius 3 is 2.55 bits per heavy atom. The van der Waals surface area contributed by atoms with Crippen LogP contribution in [0.5, 0.6) is 0 Å². The van der Waals surface area contributed by atoms with Crippen molar-refractivity contribution in [2.45, 2.75) is 37.1 Å². The molecule has 162 valence electrons. The summed E-state index contributed by atoms with van der Waals surface area (Å²) in [5.41, 5.74) is 1.13. The summed E-state index contributed by atoms with van der Waals surface area (Å²) in [5, 5.41) is 7.08. The maximum absolute atomic E-state index is 13.0. The third-order valence-corrected chi connectivity index (χ3v) is 7.13. The van der Waals surface area contributed by atoms with E-state index in [0.717, 1.165) is 31.4 Å². The molecule has 1 aliphatic rings. The topological polar surface area (TPSA) is 97.2 Å². The van der Waals surface area contributed by atoms with E-state index in [2.05, 4.69) is 15.4 Å². The van der Waals surface area contributed by atoms with Crippen molar-refractivity contribution in [2.24, 2.45) is 0 Å². The molecule has 31 heavy (non-hydrogen) atoms. The van der Waals surface area contributed by atoms with Crippen molar-refractivity contribution in [2.75, 3.05) is 18.4 Å². The van der Waals surface area contributed by atoms with E-state index in [1.807, 2.05) is 18.2 Å². The summed E-state index contributed by atoms with van der Waals surface area (Å²) in [6.07, 6.45) is 7.28. The molecule has 0 atom stereocenters. The number of carbonyl (C=O) groups is 1. The molecular formula is C22H25N5O3S. The predicted octanol–water partition coefficient (Wildman–Crippen LogP) is 3.14. The van der Waals surface area contributed by atoms with Crippen molar-refractivity contribution >= 4 is 21.7 Å². The lowest BCUT2D eigenvalue weighted by Crippen LogP contribution is -2.32. The Morgan fingerprint density at radius 2 is 1.81 bits per heavy atom. The van der Waals surface area contributed by atoms with Gasteiger partial charge >= 0.3 is 0 Å². The highest BCUT2D eigenvalue weighted by Gasteiger charge is 2.25. The number of carbonyl (C=O) groups excluding carboxylic acids is 1. The monoisotopic (exact) mass is 439 g/mol. The number of benzene rings is 1. The molecule has 1 saturated heterocycles. The van der Waals surface area contributed by atoms with Crippen LogP contribution < -0.4 is 5.32 Å². The largest absolute Gasteiger partial charge is 0.305 e. The van der Waals surface area contributed by atoms with Gasteiger partial charge in [-0.1, -0.05) is 25.0 Å². The molecule has 0 saturated carbocycles. The normalized spacial score (nSPS) is 15.4. The second kappa shape index (κ2) is 9.40. The van der Waals surface area contributed by atoms with E-state index in [-0.39, 0.29) is 10.5 Å². The maximum Gasteiger partial charge on any atom is 0.256 e. The molecule has 0 aliphatic carbocycles. The van der Waals surface area contributed by atoms with Crippen LogP contribution in [0.1, 0.15) is 41.7 Å². The van der Waals surface area contributed by atoms with Crippen LogP contribution in [0.15, 0.2) is 65.8 Å². The number of hydrogen-bond donors (Lipinski definition) is 1. The molecule has 3 heterocycles. The number of rotatable bonds is 6. The van der Waals surface area contributed by atoms with Crippen LogP contribution >= 0.6 is 0 Å². The summed E-state index contributed by atoms with van der Waals surface area (Å²) in [4.78, 5) is 17.1. The Labute approximate surface area is 182 Å². The summed E-state index contributed by atoms with van der Waals surface area (Å²) in [7, 11) is -3.62. The molecule has 1 aliphatic heterocycles. The molecule has 1 amide bonds. The molecule has 3 aromatic rings. The standard InChI is InChI=1S/C22H25N5O3S/c28-22(24-21-11-15-26(25-21)17-19-9-3-4-12-23-19)18-8-7-10-20(16-18)31(29,30)27-13-5-1-2-6-14-27/h3-4,7-12,15-16H,1-2,5-6,13-14,17H2,(H,24,25,28). The minimum Gasteiger partial charge on any atom is -0.305 e. The van der Waals surface area contributed by atoms with E-state index in [9.17, 15) is 13.2 Å². The van der Waals surface area contributed by atoms with Gasteiger partial charge < -0.3 is 5.32 Å². The fourth-order valence-electron chi connectivity index (χ4n) is 3.59. The summed E-state index contributed by atoms with van der Waals surface area (Å²) in [6.45, 7) is 1.53. The molecule has 1 fully saturated rings. The van der Waals surface area contributed by atoms with E-state index in [0.29, 0.717) is 25.5 Å². The summed E-state index contributed by atoms with van der Waals surface area (Å²) >= 11 is 0. The summed E-state index contributed by atoms with van der Waals surface area (Å²) < 4.78 is 29.2. The van der Waals surface area contributed by atoms with E-state index < -0.39 is 15.9 Å². The Hall–Kier alpha value is -3.04. The maximum atomic E-state index is 13.0. The average molecular weight is 440 g/mol. The van der Waals surface area contributed by atoms with Crippen molar-refractivity contribution in [1.82, 2.24) is 19.1 Å². The number of anilines is 1. The highest BCUT2D eigenvalue weighted by atomic mass is 32.2. The quantitative estimate of drug-likeness (QED) is 0.636. The zero-order valence-corrected chi connectivity index (χ0v) is 18.0. The number of aromatic nitrogens is 3. The van der Waals surface area contributed by atoms with Gasteiger partial charge in [-0.25, -0.2) is 8.42 Å². The average Bonchev–Trinajstić information content (AvgIpc) is 3.03. The zero-order valence-electron chi connectivity index (χ0n) is 17.1. The third kappa shape index (κ3) is 5.18. The molecular weight excluding hydrogens is 414 g/mol. The van der Waals surface area contributed by atoms with Gasteiger partial charge in [-0.05, 0) is 43.2 Å². The molecule has 4 rings (SSSR count). The minimum absolute atomic E-state index is 0.141. The van der Waals surface area contributed by atoms with E-state index in [1.165, 1.54) is 10.4 Å². The first-order valence-electron chi connectivity index (χ1n) is 10.4. The van der Waals surface area contributed by atoms with Gasteiger partial charge in [0, 0.05) is 37.1 Å². The van der Waals surface area contributed by atoms with Gasteiger partial charge in [0.05, 0.1) is 17.1 Å². The van der Waals surface area contributed by atoms with Gasteiger partial charge in [-0.15, -0.1) is 0 Å². The molecule has 1 aromatic carbocycles. The first-order chi connectivity index (χ1) is 15.0. The number of nitrogens with one attached hydrogen (secondary N) is 1. The Kier molecular flexibility index (Phi) is 6.43. The fraction of sp³-hybridized carbons (Fsp3) is 0.318. The Balaban J connectivity index is 1.46. The van der Waals surface area contributed by atoms with E-state index in [4.69, 9.17) is 0 Å². The van der Waals surface area contributed by atoms with Crippen LogP contribution in [0.4, 0.5) is 5.82 Å². The summed E-state index contributed by atoms with van der Waals surface area (Å²) in [5.74, 6) is -0.0160. The molecule has 9 heteroatoms. The smallest absolute Gasteiger partial charge is 0.256 e. The van der Waals surface area contributed by atoms with Gasteiger partial charge in [0.15, 0.2) is 5.82 Å². The fourth-order valence-corrected chi connectivity index (χ4v) is 5.15. The first-order valence-corrected chi connectivity index (χ1v) is 11.8. The van der Waals surface area contributed by atoms with Crippen molar-refractivity contribution in [3.63, 3.8) is 0 Å². The van der Waals surface area contributed by atoms with Crippen LogP contribution in [0, 0.1) is 0 Å². The van der Waals surface area contributed by atoms with E-state index in [1.54, 1.807) is 41.3 Å². The third-order valence-electron chi connectivity index (χ3n) is 5.23. The van der Waals surface area contributed by atoms with Crippen molar-refractivity contribution in [1.29, 1.82) is 0 Å². The molecule has 0 unspecified atom stereocenters. The highest BCUT2D eigenvalue weighted by molar-refractivity contribution is 7.89. The van der Waals surface area contributed by atoms with Crippen LogP contribution in [0.2, 0.25) is 0 Å². The number of pyridine rings is 1. The van der Waals surface area contributed by atoms with E-state index >= 15 is 0 Å². The first kappa shape index (κ1) is 21.2. The van der Waals surface area contributed by atoms with Crippen LogP contribution in [0.3, 0.4) is 0 Å². The lowest BCUT2D eigenvalue weighted by atomic mass is 10.2. The Morgan fingerprint density at radius 1 is 1.00 bits per heavy atom. The van der Waals surface area contributed by atoms with Crippen molar-refractivity contribution in [3.8, 4) is 0 Å². The van der Waals surface area contributed by atoms with Gasteiger partial charge in [0.25, 0.3) is 5.91 Å². The lowest BCUT2D eigenvalue weighted by molar-refractivity contribution is 0.102. The second-order valence-electron chi connectivity index (χ2n) is 7.52. The SMILES string of the molecule is O=C(Nc1ccn(Cc2ccccn2)n1)c1cccc(S(=O)(=O)N2CCCCCC2)c1. The zero-order chi connectivity index (χ0) is 21.7. The van der Waals surface area contributed by atoms with Gasteiger partial charge in [-0.3, -0.25) is 14.5 Å². The molecule has 0 bridgehead atoms. The molecule has 1 N–H and O–H groups in total. The molecule has 2 aromatic heterocycles. The number of sulfonamides is 1. The van der Waals surface area contributed by atoms with Crippen LogP contribution in [0.25, 0.3) is 0 Å². The molecule has 0 spiro atoms. The van der Waals surface area contributed by atoms with Crippen molar-refractivity contribution in [3.05, 3.63) is 72.2 Å². The predicted molar refractivity (Wildman–Crippen MR) is 117 cm³/mol. The van der Waals surface area contributed by atoms with Crippen molar-refractivity contribution < 1.29 is 13.2 Å². The number of amides is 1. The second-order valence-corrected chi connectivity index (χ2v) is 9.46. The number of nitrogens with zero attached hydrogens (tertiary/aromatic N) is 4. The minimum atomic E-state index is -3.62. The van der Waals surface area contributed by atoms with Gasteiger partial charge in [0.1, 0.15) is 0 Å². The lowest BCUT2D eigenvalue weighted by Gasteiger charge is -2.20. The molecule has 0 radical (unpaired) electrons. The van der Waals surface area contributed by atoms with Crippen LogP contribution in [-0.2, 0) is 16.6 Å². The highest BCUT2D eigenvalue weighted by Crippen LogP contribution is 2.21. The van der Waals surface area contributed by atoms with Crippen LogP contribution in [-0.4, -0.2) is 46.5 Å². The van der Waals surface area contributed by atoms with Gasteiger partial charge in [-0.2, -0.15) is 9.40 Å². The summed E-state index contributed by atoms with van der Waals surface area (Å²) in [6, 6.07) is 13.5. The molecule has 8 nitrogen and oxygen atoms in total.